The number of thioether (sulfide) groups is 1. The summed E-state index contributed by atoms with van der Waals surface area (Å²) in [4.78, 5) is 14.0. The number of hydrogen-bond donors (Lipinski definition) is 0. The largest absolute Gasteiger partial charge is 0.342 e. The lowest BCUT2D eigenvalue weighted by Gasteiger charge is -2.26. The van der Waals surface area contributed by atoms with Crippen LogP contribution in [0.5, 0.6) is 0 Å². The third kappa shape index (κ3) is 2.66. The number of nitrogens with zero attached hydrogens (tertiary/aromatic N) is 5. The Morgan fingerprint density at radius 3 is 2.78 bits per heavy atom. The molecule has 0 spiro atoms. The molecule has 1 aliphatic heterocycles. The average molecular weight is 267 g/mol. The summed E-state index contributed by atoms with van der Waals surface area (Å²) in [6.07, 6.45) is 5.82. The highest BCUT2D eigenvalue weighted by Gasteiger charge is 2.28. The zero-order chi connectivity index (χ0) is 12.4. The molecular weight excluding hydrogens is 250 g/mol. The Labute approximate surface area is 110 Å². The quantitative estimate of drug-likeness (QED) is 0.765. The van der Waals surface area contributed by atoms with Crippen molar-refractivity contribution in [1.82, 2.24) is 25.1 Å². The van der Waals surface area contributed by atoms with Crippen LogP contribution in [-0.2, 0) is 4.79 Å². The van der Waals surface area contributed by atoms with Crippen LogP contribution in [0.4, 0.5) is 0 Å². The van der Waals surface area contributed by atoms with E-state index in [2.05, 4.69) is 15.5 Å². The van der Waals surface area contributed by atoms with Gasteiger partial charge in [0.25, 0.3) is 0 Å². The molecule has 2 heterocycles. The molecule has 98 valence electrons. The zero-order valence-corrected chi connectivity index (χ0v) is 11.1. The highest BCUT2D eigenvalue weighted by Crippen LogP contribution is 2.36. The standard InChI is InChI=1S/C11H17N5OS/c17-10(15-6-2-1-3-7-15)8-18-11-12-13-14-16(11)9-4-5-9/h9H,1-8H2. The molecule has 6 nitrogen and oxygen atoms in total. The number of aromatic nitrogens is 4. The van der Waals surface area contributed by atoms with Crippen LogP contribution in [0, 0.1) is 0 Å². The first-order valence-corrected chi connectivity index (χ1v) is 7.51. The van der Waals surface area contributed by atoms with Gasteiger partial charge in [-0.25, -0.2) is 4.68 Å². The van der Waals surface area contributed by atoms with Gasteiger partial charge in [-0.2, -0.15) is 0 Å². The van der Waals surface area contributed by atoms with Crippen LogP contribution in [0.25, 0.3) is 0 Å². The van der Waals surface area contributed by atoms with Crippen molar-refractivity contribution in [3.63, 3.8) is 0 Å². The van der Waals surface area contributed by atoms with E-state index in [0.29, 0.717) is 11.8 Å². The lowest BCUT2D eigenvalue weighted by molar-refractivity contribution is -0.129. The lowest BCUT2D eigenvalue weighted by Crippen LogP contribution is -2.36. The molecule has 2 fully saturated rings. The van der Waals surface area contributed by atoms with Crippen molar-refractivity contribution < 1.29 is 4.79 Å². The second kappa shape index (κ2) is 5.26. The number of tetrazole rings is 1. The van der Waals surface area contributed by atoms with Crippen LogP contribution < -0.4 is 0 Å². The molecule has 1 saturated carbocycles. The summed E-state index contributed by atoms with van der Waals surface area (Å²) in [5, 5.41) is 12.4. The first-order chi connectivity index (χ1) is 8.84. The predicted octanol–water partition coefficient (Wildman–Crippen LogP) is 1.11. The molecule has 0 N–H and O–H groups in total. The Bertz CT molecular complexity index is 425. The van der Waals surface area contributed by atoms with Gasteiger partial charge in [0, 0.05) is 13.1 Å². The predicted molar refractivity (Wildman–Crippen MR) is 67.2 cm³/mol. The Kier molecular flexibility index (Phi) is 3.49. The smallest absolute Gasteiger partial charge is 0.233 e. The Morgan fingerprint density at radius 1 is 1.28 bits per heavy atom. The molecule has 0 aromatic carbocycles. The van der Waals surface area contributed by atoms with Crippen LogP contribution in [0.3, 0.4) is 0 Å². The molecule has 1 aromatic heterocycles. The number of piperidine rings is 1. The van der Waals surface area contributed by atoms with E-state index in [-0.39, 0.29) is 5.91 Å². The molecule has 7 heteroatoms. The maximum atomic E-state index is 12.0. The number of hydrogen-bond acceptors (Lipinski definition) is 5. The van der Waals surface area contributed by atoms with Gasteiger partial charge in [0.05, 0.1) is 11.8 Å². The van der Waals surface area contributed by atoms with Crippen molar-refractivity contribution in [2.75, 3.05) is 18.8 Å². The van der Waals surface area contributed by atoms with Crippen LogP contribution in [0.2, 0.25) is 0 Å². The topological polar surface area (TPSA) is 63.9 Å². The Hall–Kier alpha value is -1.11. The van der Waals surface area contributed by atoms with Crippen molar-refractivity contribution in [3.05, 3.63) is 0 Å². The summed E-state index contributed by atoms with van der Waals surface area (Å²) < 4.78 is 1.86. The Morgan fingerprint density at radius 2 is 2.06 bits per heavy atom. The second-order valence-corrected chi connectivity index (χ2v) is 5.81. The minimum absolute atomic E-state index is 0.213. The van der Waals surface area contributed by atoms with Gasteiger partial charge in [-0.3, -0.25) is 4.79 Å². The summed E-state index contributed by atoms with van der Waals surface area (Å²) in [7, 11) is 0. The molecule has 1 aliphatic carbocycles. The van der Waals surface area contributed by atoms with E-state index in [9.17, 15) is 4.79 Å². The molecule has 0 radical (unpaired) electrons. The number of likely N-dealkylation sites (tertiary alicyclic amines) is 1. The van der Waals surface area contributed by atoms with E-state index in [0.717, 1.165) is 43.9 Å². The van der Waals surface area contributed by atoms with Crippen LogP contribution in [0.15, 0.2) is 5.16 Å². The van der Waals surface area contributed by atoms with Gasteiger partial charge in [0.2, 0.25) is 11.1 Å². The van der Waals surface area contributed by atoms with Crippen LogP contribution in [0.1, 0.15) is 38.1 Å². The number of amides is 1. The Balaban J connectivity index is 1.53. The van der Waals surface area contributed by atoms with E-state index in [1.54, 1.807) is 0 Å². The zero-order valence-electron chi connectivity index (χ0n) is 10.3. The maximum Gasteiger partial charge on any atom is 0.233 e. The van der Waals surface area contributed by atoms with Gasteiger partial charge in [-0.1, -0.05) is 11.8 Å². The highest BCUT2D eigenvalue weighted by atomic mass is 32.2. The van der Waals surface area contributed by atoms with E-state index >= 15 is 0 Å². The second-order valence-electron chi connectivity index (χ2n) is 4.87. The van der Waals surface area contributed by atoms with Crippen molar-refractivity contribution in [1.29, 1.82) is 0 Å². The van der Waals surface area contributed by atoms with Crippen LogP contribution in [-0.4, -0.2) is 49.9 Å². The fourth-order valence-electron chi connectivity index (χ4n) is 2.19. The molecule has 1 amide bonds. The number of rotatable bonds is 4. The van der Waals surface area contributed by atoms with Gasteiger partial charge in [-0.05, 0) is 42.5 Å². The summed E-state index contributed by atoms with van der Waals surface area (Å²) >= 11 is 1.46. The van der Waals surface area contributed by atoms with Crippen LogP contribution >= 0.6 is 11.8 Å². The molecular formula is C11H17N5OS. The number of carbonyl (C=O) groups excluding carboxylic acids is 1. The van der Waals surface area contributed by atoms with Crippen molar-refractivity contribution in [2.24, 2.45) is 0 Å². The van der Waals surface area contributed by atoms with Gasteiger partial charge < -0.3 is 4.90 Å². The van der Waals surface area contributed by atoms with E-state index in [1.807, 2.05) is 9.58 Å². The van der Waals surface area contributed by atoms with E-state index in [4.69, 9.17) is 0 Å². The third-order valence-corrected chi connectivity index (χ3v) is 4.31. The molecule has 18 heavy (non-hydrogen) atoms. The molecule has 1 aromatic rings. The van der Waals surface area contributed by atoms with E-state index < -0.39 is 0 Å². The first kappa shape index (κ1) is 12.0. The van der Waals surface area contributed by atoms with Gasteiger partial charge >= 0.3 is 0 Å². The molecule has 3 rings (SSSR count). The third-order valence-electron chi connectivity index (χ3n) is 3.39. The highest BCUT2D eigenvalue weighted by molar-refractivity contribution is 7.99. The van der Waals surface area contributed by atoms with Gasteiger partial charge in [-0.15, -0.1) is 5.10 Å². The van der Waals surface area contributed by atoms with Crippen molar-refractivity contribution in [2.45, 2.75) is 43.3 Å². The van der Waals surface area contributed by atoms with Crippen molar-refractivity contribution in [3.8, 4) is 0 Å². The SMILES string of the molecule is O=C(CSc1nnnn1C1CC1)N1CCCCC1. The molecule has 1 saturated heterocycles. The summed E-state index contributed by atoms with van der Waals surface area (Å²) in [5.74, 6) is 0.664. The maximum absolute atomic E-state index is 12.0. The van der Waals surface area contributed by atoms with Crippen molar-refractivity contribution >= 4 is 17.7 Å². The fourth-order valence-corrected chi connectivity index (χ4v) is 3.04. The molecule has 2 aliphatic rings. The minimum Gasteiger partial charge on any atom is -0.342 e. The summed E-state index contributed by atoms with van der Waals surface area (Å²) in [6.45, 7) is 1.82. The fraction of sp³-hybridized carbons (Fsp3) is 0.818. The monoisotopic (exact) mass is 267 g/mol. The molecule has 0 bridgehead atoms. The van der Waals surface area contributed by atoms with Gasteiger partial charge in [0.1, 0.15) is 0 Å². The first-order valence-electron chi connectivity index (χ1n) is 6.53. The average Bonchev–Trinajstić information content (AvgIpc) is 3.16. The summed E-state index contributed by atoms with van der Waals surface area (Å²) in [5.41, 5.74) is 0. The molecule has 0 atom stereocenters. The normalized spacial score (nSPS) is 20.1. The van der Waals surface area contributed by atoms with Gasteiger partial charge in [0.15, 0.2) is 0 Å². The lowest BCUT2D eigenvalue weighted by atomic mass is 10.1. The molecule has 0 unspecified atom stereocenters. The number of carbonyl (C=O) groups is 1. The summed E-state index contributed by atoms with van der Waals surface area (Å²) in [6, 6.07) is 0.465. The minimum atomic E-state index is 0.213. The van der Waals surface area contributed by atoms with E-state index in [1.165, 1.54) is 18.2 Å².